The van der Waals surface area contributed by atoms with Crippen molar-refractivity contribution in [3.8, 4) is 17.3 Å². The van der Waals surface area contributed by atoms with E-state index >= 15 is 0 Å². The van der Waals surface area contributed by atoms with Crippen molar-refractivity contribution in [2.45, 2.75) is 20.8 Å². The van der Waals surface area contributed by atoms with E-state index in [0.717, 1.165) is 16.9 Å². The van der Waals surface area contributed by atoms with Crippen molar-refractivity contribution < 1.29 is 9.53 Å². The Morgan fingerprint density at radius 3 is 2.62 bits per heavy atom. The third kappa shape index (κ3) is 4.11. The van der Waals surface area contributed by atoms with Crippen molar-refractivity contribution in [2.75, 3.05) is 11.9 Å². The molecule has 0 spiro atoms. The molecule has 0 aliphatic heterocycles. The smallest absolute Gasteiger partial charge is 0.263 e. The summed E-state index contributed by atoms with van der Waals surface area (Å²) in [5, 5.41) is 12.7. The minimum Gasteiger partial charge on any atom is -0.484 e. The maximum atomic E-state index is 12.6. The van der Waals surface area contributed by atoms with E-state index in [1.165, 1.54) is 11.9 Å². The Kier molecular flexibility index (Phi) is 5.51. The molecule has 3 aromatic heterocycles. The predicted molar refractivity (Wildman–Crippen MR) is 129 cm³/mol. The third-order valence-corrected chi connectivity index (χ3v) is 5.34. The van der Waals surface area contributed by atoms with Crippen molar-refractivity contribution in [3.05, 3.63) is 83.9 Å². The quantitative estimate of drug-likeness (QED) is 0.418. The van der Waals surface area contributed by atoms with Crippen molar-refractivity contribution in [1.82, 2.24) is 29.5 Å². The van der Waals surface area contributed by atoms with Crippen LogP contribution in [0.25, 0.3) is 22.5 Å². The molecule has 0 aliphatic carbocycles. The number of rotatable bonds is 6. The predicted octanol–water partition coefficient (Wildman–Crippen LogP) is 3.94. The van der Waals surface area contributed by atoms with Gasteiger partial charge in [0.2, 0.25) is 0 Å². The largest absolute Gasteiger partial charge is 0.484 e. The molecule has 3 heterocycles. The van der Waals surface area contributed by atoms with Gasteiger partial charge < -0.3 is 10.1 Å². The molecule has 5 aromatic rings. The van der Waals surface area contributed by atoms with E-state index in [-0.39, 0.29) is 12.5 Å². The molecule has 1 amide bonds. The number of fused-ring (bicyclic) bond motifs is 1. The van der Waals surface area contributed by atoms with Gasteiger partial charge in [0.05, 0.1) is 23.0 Å². The zero-order chi connectivity index (χ0) is 23.7. The standard InChI is InChI=1S/C25H23N7O2/c1-16-9-10-21(17(2)11-16)31-24-20(13-28-31)25(27-15-26-24)32-22(12-18(3)30-32)29-23(33)14-34-19-7-5-4-6-8-19/h4-13,15H,14H2,1-3H3,(H,29,33). The summed E-state index contributed by atoms with van der Waals surface area (Å²) in [6, 6.07) is 17.1. The molecule has 1 N–H and O–H groups in total. The Morgan fingerprint density at radius 1 is 1.00 bits per heavy atom. The number of hydrogen-bond donors (Lipinski definition) is 1. The van der Waals surface area contributed by atoms with Crippen LogP contribution in [0.3, 0.4) is 0 Å². The molecule has 0 saturated heterocycles. The number of aryl methyl sites for hydroxylation is 3. The molecule has 0 bridgehead atoms. The molecule has 0 aliphatic rings. The monoisotopic (exact) mass is 453 g/mol. The van der Waals surface area contributed by atoms with Gasteiger partial charge in [-0.05, 0) is 44.5 Å². The average Bonchev–Trinajstić information content (AvgIpc) is 3.41. The van der Waals surface area contributed by atoms with E-state index < -0.39 is 0 Å². The molecule has 2 aromatic carbocycles. The molecule has 9 heteroatoms. The topological polar surface area (TPSA) is 99.8 Å². The van der Waals surface area contributed by atoms with E-state index in [1.54, 1.807) is 33.8 Å². The fourth-order valence-corrected chi connectivity index (χ4v) is 3.81. The van der Waals surface area contributed by atoms with E-state index in [2.05, 4.69) is 38.5 Å². The number of carbonyl (C=O) groups is 1. The van der Waals surface area contributed by atoms with Crippen LogP contribution in [-0.4, -0.2) is 42.0 Å². The highest BCUT2D eigenvalue weighted by Gasteiger charge is 2.18. The second-order valence-corrected chi connectivity index (χ2v) is 8.01. The van der Waals surface area contributed by atoms with Gasteiger partial charge >= 0.3 is 0 Å². The number of hydrogen-bond acceptors (Lipinski definition) is 6. The highest BCUT2D eigenvalue weighted by atomic mass is 16.5. The summed E-state index contributed by atoms with van der Waals surface area (Å²) in [7, 11) is 0. The molecule has 0 atom stereocenters. The van der Waals surface area contributed by atoms with Crippen LogP contribution < -0.4 is 10.1 Å². The van der Waals surface area contributed by atoms with Gasteiger partial charge in [-0.25, -0.2) is 14.6 Å². The number of nitrogens with zero attached hydrogens (tertiary/aromatic N) is 6. The second-order valence-electron chi connectivity index (χ2n) is 8.01. The summed E-state index contributed by atoms with van der Waals surface area (Å²) in [6.45, 7) is 5.82. The van der Waals surface area contributed by atoms with Crippen LogP contribution >= 0.6 is 0 Å². The number of aromatic nitrogens is 6. The van der Waals surface area contributed by atoms with Crippen LogP contribution in [0.15, 0.2) is 67.1 Å². The lowest BCUT2D eigenvalue weighted by molar-refractivity contribution is -0.118. The lowest BCUT2D eigenvalue weighted by atomic mass is 10.1. The summed E-state index contributed by atoms with van der Waals surface area (Å²) in [6.07, 6.45) is 3.19. The van der Waals surface area contributed by atoms with Crippen molar-refractivity contribution in [1.29, 1.82) is 0 Å². The van der Waals surface area contributed by atoms with Gasteiger partial charge in [-0.3, -0.25) is 4.79 Å². The normalized spacial score (nSPS) is 11.0. The van der Waals surface area contributed by atoms with Crippen LogP contribution in [0.1, 0.15) is 16.8 Å². The van der Waals surface area contributed by atoms with Crippen LogP contribution in [0.2, 0.25) is 0 Å². The molecule has 170 valence electrons. The zero-order valence-corrected chi connectivity index (χ0v) is 19.1. The minimum atomic E-state index is -0.304. The molecular weight excluding hydrogens is 430 g/mol. The number of para-hydroxylation sites is 1. The van der Waals surface area contributed by atoms with Gasteiger partial charge in [0.15, 0.2) is 18.1 Å². The molecule has 0 radical (unpaired) electrons. The molecule has 0 saturated carbocycles. The summed E-state index contributed by atoms with van der Waals surface area (Å²) in [5.41, 5.74) is 4.58. The number of carbonyl (C=O) groups excluding carboxylic acids is 1. The summed E-state index contributed by atoms with van der Waals surface area (Å²) >= 11 is 0. The van der Waals surface area contributed by atoms with Crippen LogP contribution in [0, 0.1) is 20.8 Å². The summed E-state index contributed by atoms with van der Waals surface area (Å²) in [5.74, 6) is 1.33. The van der Waals surface area contributed by atoms with Gasteiger partial charge in [-0.2, -0.15) is 14.9 Å². The summed E-state index contributed by atoms with van der Waals surface area (Å²) in [4.78, 5) is 21.5. The lowest BCUT2D eigenvalue weighted by Gasteiger charge is -2.10. The van der Waals surface area contributed by atoms with Crippen LogP contribution in [-0.2, 0) is 4.79 Å². The average molecular weight is 454 g/mol. The van der Waals surface area contributed by atoms with E-state index in [1.807, 2.05) is 44.2 Å². The molecule has 0 fully saturated rings. The lowest BCUT2D eigenvalue weighted by Crippen LogP contribution is -2.22. The first-order valence-corrected chi connectivity index (χ1v) is 10.8. The number of benzene rings is 2. The molecule has 34 heavy (non-hydrogen) atoms. The van der Waals surface area contributed by atoms with E-state index in [9.17, 15) is 4.79 Å². The van der Waals surface area contributed by atoms with Gasteiger partial charge in [-0.1, -0.05) is 35.9 Å². The maximum Gasteiger partial charge on any atom is 0.263 e. The Bertz CT molecular complexity index is 1490. The first kappa shape index (κ1) is 21.3. The Labute approximate surface area is 196 Å². The van der Waals surface area contributed by atoms with Crippen LogP contribution in [0.5, 0.6) is 5.75 Å². The second kappa shape index (κ2) is 8.78. The molecule has 0 unspecified atom stereocenters. The fourth-order valence-electron chi connectivity index (χ4n) is 3.81. The van der Waals surface area contributed by atoms with Crippen molar-refractivity contribution >= 4 is 22.8 Å². The highest BCUT2D eigenvalue weighted by Crippen LogP contribution is 2.25. The third-order valence-electron chi connectivity index (χ3n) is 5.34. The van der Waals surface area contributed by atoms with Gasteiger partial charge in [-0.15, -0.1) is 0 Å². The molecule has 9 nitrogen and oxygen atoms in total. The SMILES string of the molecule is Cc1ccc(-n2ncc3c(-n4nc(C)cc4NC(=O)COc4ccccc4)ncnc32)c(C)c1. The molecule has 5 rings (SSSR count). The number of nitrogens with one attached hydrogen (secondary N) is 1. The van der Waals surface area contributed by atoms with E-state index in [0.29, 0.717) is 28.4 Å². The zero-order valence-electron chi connectivity index (χ0n) is 19.1. The Hall–Kier alpha value is -4.53. The fraction of sp³-hybridized carbons (Fsp3) is 0.160. The number of amides is 1. The van der Waals surface area contributed by atoms with Crippen LogP contribution in [0.4, 0.5) is 5.82 Å². The Morgan fingerprint density at radius 2 is 1.82 bits per heavy atom. The number of ether oxygens (including phenoxy) is 1. The minimum absolute atomic E-state index is 0.127. The first-order valence-electron chi connectivity index (χ1n) is 10.8. The number of anilines is 1. The first-order chi connectivity index (χ1) is 16.5. The van der Waals surface area contributed by atoms with Crippen molar-refractivity contribution in [3.63, 3.8) is 0 Å². The van der Waals surface area contributed by atoms with Gasteiger partial charge in [0.25, 0.3) is 5.91 Å². The molecular formula is C25H23N7O2. The van der Waals surface area contributed by atoms with Gasteiger partial charge in [0.1, 0.15) is 17.9 Å². The Balaban J connectivity index is 1.46. The van der Waals surface area contributed by atoms with Crippen molar-refractivity contribution in [2.24, 2.45) is 0 Å². The highest BCUT2D eigenvalue weighted by molar-refractivity contribution is 5.92. The van der Waals surface area contributed by atoms with E-state index in [4.69, 9.17) is 4.74 Å². The maximum absolute atomic E-state index is 12.6. The van der Waals surface area contributed by atoms with Gasteiger partial charge in [0, 0.05) is 6.07 Å². The summed E-state index contributed by atoms with van der Waals surface area (Å²) < 4.78 is 8.93.